The van der Waals surface area contributed by atoms with Crippen LogP contribution >= 0.6 is 0 Å². The molecular formula is C18H23NO4. The molecule has 1 saturated carbocycles. The predicted molar refractivity (Wildman–Crippen MR) is 87.2 cm³/mol. The number of nitrogens with zero attached hydrogens (tertiary/aromatic N) is 1. The number of carbonyl (C=O) groups excluding carboxylic acids is 1. The topological polar surface area (TPSA) is 62.9 Å². The molecule has 23 heavy (non-hydrogen) atoms. The van der Waals surface area contributed by atoms with E-state index in [1.54, 1.807) is 6.92 Å². The molecule has 0 amide bonds. The molecule has 1 unspecified atom stereocenters. The van der Waals surface area contributed by atoms with E-state index in [2.05, 4.69) is 0 Å². The van der Waals surface area contributed by atoms with Crippen LogP contribution in [0.15, 0.2) is 28.7 Å². The van der Waals surface area contributed by atoms with Crippen LogP contribution in [0.5, 0.6) is 0 Å². The molecule has 1 heterocycles. The van der Waals surface area contributed by atoms with Crippen LogP contribution in [0, 0.1) is 5.92 Å². The van der Waals surface area contributed by atoms with Crippen molar-refractivity contribution in [2.45, 2.75) is 32.4 Å². The summed E-state index contributed by atoms with van der Waals surface area (Å²) in [5.74, 6) is 0.263. The second kappa shape index (κ2) is 6.72. The fourth-order valence-electron chi connectivity index (χ4n) is 2.90. The number of esters is 1. The smallest absolute Gasteiger partial charge is 0.374 e. The minimum Gasteiger partial charge on any atom is -0.460 e. The number of furan rings is 1. The third-order valence-corrected chi connectivity index (χ3v) is 4.25. The van der Waals surface area contributed by atoms with Gasteiger partial charge in [-0.2, -0.15) is 0 Å². The molecule has 5 heteroatoms. The number of benzene rings is 1. The summed E-state index contributed by atoms with van der Waals surface area (Å²) in [4.78, 5) is 14.2. The third kappa shape index (κ3) is 3.57. The molecule has 0 bridgehead atoms. The van der Waals surface area contributed by atoms with Gasteiger partial charge in [0.15, 0.2) is 0 Å². The monoisotopic (exact) mass is 317 g/mol. The van der Waals surface area contributed by atoms with E-state index in [9.17, 15) is 9.90 Å². The fraction of sp³-hybridized carbons (Fsp3) is 0.500. The number of ether oxygens (including phenoxy) is 1. The number of aliphatic hydroxyl groups excluding tert-OH is 1. The molecule has 1 aromatic heterocycles. The number of carbonyl (C=O) groups is 1. The quantitative estimate of drug-likeness (QED) is 0.796. The minimum atomic E-state index is -0.435. The van der Waals surface area contributed by atoms with Gasteiger partial charge in [-0.3, -0.25) is 4.90 Å². The van der Waals surface area contributed by atoms with Crippen molar-refractivity contribution in [3.63, 3.8) is 0 Å². The van der Waals surface area contributed by atoms with Crippen LogP contribution < -0.4 is 0 Å². The molecule has 0 aliphatic heterocycles. The van der Waals surface area contributed by atoms with Crippen LogP contribution in [-0.4, -0.2) is 42.3 Å². The normalized spacial score (nSPS) is 16.0. The summed E-state index contributed by atoms with van der Waals surface area (Å²) in [6.07, 6.45) is 1.92. The van der Waals surface area contributed by atoms with Gasteiger partial charge in [0.2, 0.25) is 5.76 Å². The molecule has 3 rings (SSSR count). The summed E-state index contributed by atoms with van der Waals surface area (Å²) >= 11 is 0. The number of fused-ring (bicyclic) bond motifs is 1. The minimum absolute atomic E-state index is 0.265. The second-order valence-corrected chi connectivity index (χ2v) is 6.23. The van der Waals surface area contributed by atoms with E-state index in [1.807, 2.05) is 36.2 Å². The van der Waals surface area contributed by atoms with E-state index in [0.29, 0.717) is 31.2 Å². The van der Waals surface area contributed by atoms with E-state index in [-0.39, 0.29) is 11.9 Å². The Labute approximate surface area is 135 Å². The van der Waals surface area contributed by atoms with Gasteiger partial charge in [-0.1, -0.05) is 18.2 Å². The van der Waals surface area contributed by atoms with Crippen LogP contribution in [0.1, 0.15) is 35.9 Å². The summed E-state index contributed by atoms with van der Waals surface area (Å²) in [5, 5.41) is 11.0. The number of rotatable bonds is 7. The Kier molecular flexibility index (Phi) is 4.68. The first-order valence-electron chi connectivity index (χ1n) is 8.14. The molecule has 0 saturated heterocycles. The highest BCUT2D eigenvalue weighted by Crippen LogP contribution is 2.33. The van der Waals surface area contributed by atoms with E-state index < -0.39 is 5.97 Å². The first kappa shape index (κ1) is 16.0. The molecule has 5 nitrogen and oxygen atoms in total. The molecule has 2 aromatic rings. The maximum Gasteiger partial charge on any atom is 0.374 e. The van der Waals surface area contributed by atoms with Gasteiger partial charge in [-0.15, -0.1) is 0 Å². The van der Waals surface area contributed by atoms with Crippen LogP contribution in [0.4, 0.5) is 0 Å². The van der Waals surface area contributed by atoms with Gasteiger partial charge in [-0.25, -0.2) is 4.79 Å². The van der Waals surface area contributed by atoms with Gasteiger partial charge < -0.3 is 14.3 Å². The Morgan fingerprint density at radius 2 is 2.17 bits per heavy atom. The van der Waals surface area contributed by atoms with Gasteiger partial charge in [0.1, 0.15) is 5.58 Å². The Balaban J connectivity index is 1.84. The summed E-state index contributed by atoms with van der Waals surface area (Å²) in [6.45, 7) is 3.21. The lowest BCUT2D eigenvalue weighted by atomic mass is 10.1. The van der Waals surface area contributed by atoms with E-state index in [1.165, 1.54) is 0 Å². The molecule has 124 valence electrons. The number of likely N-dealkylation sites (N-methyl/N-ethyl adjacent to an activating group) is 1. The first-order valence-corrected chi connectivity index (χ1v) is 8.14. The molecule has 0 spiro atoms. The van der Waals surface area contributed by atoms with Crippen molar-refractivity contribution >= 4 is 16.9 Å². The Morgan fingerprint density at radius 3 is 2.87 bits per heavy atom. The van der Waals surface area contributed by atoms with Gasteiger partial charge in [0.05, 0.1) is 12.7 Å². The molecule has 1 aromatic carbocycles. The van der Waals surface area contributed by atoms with E-state index in [4.69, 9.17) is 9.15 Å². The lowest BCUT2D eigenvalue weighted by molar-refractivity contribution is 0.0488. The molecule has 0 radical (unpaired) electrons. The first-order chi connectivity index (χ1) is 11.1. The summed E-state index contributed by atoms with van der Waals surface area (Å²) in [6, 6.07) is 7.60. The van der Waals surface area contributed by atoms with E-state index >= 15 is 0 Å². The summed E-state index contributed by atoms with van der Waals surface area (Å²) in [7, 11) is 1.95. The summed E-state index contributed by atoms with van der Waals surface area (Å²) in [5.41, 5.74) is 1.51. The lowest BCUT2D eigenvalue weighted by Gasteiger charge is -2.20. The highest BCUT2D eigenvalue weighted by Gasteiger charge is 2.31. The highest BCUT2D eigenvalue weighted by molar-refractivity contribution is 5.96. The lowest BCUT2D eigenvalue weighted by Crippen LogP contribution is -2.30. The number of hydrogen-bond donors (Lipinski definition) is 1. The second-order valence-electron chi connectivity index (χ2n) is 6.23. The molecule has 1 aliphatic carbocycles. The van der Waals surface area contributed by atoms with Crippen LogP contribution in [0.25, 0.3) is 11.0 Å². The average Bonchev–Trinajstić information content (AvgIpc) is 3.31. The predicted octanol–water partition coefficient (Wildman–Crippen LogP) is 2.81. The molecule has 1 atom stereocenters. The van der Waals surface area contributed by atoms with Crippen molar-refractivity contribution in [2.24, 2.45) is 5.92 Å². The van der Waals surface area contributed by atoms with Gasteiger partial charge >= 0.3 is 5.97 Å². The molecule has 1 fully saturated rings. The average molecular weight is 317 g/mol. The van der Waals surface area contributed by atoms with Crippen molar-refractivity contribution < 1.29 is 19.1 Å². The zero-order valence-corrected chi connectivity index (χ0v) is 13.6. The fourth-order valence-corrected chi connectivity index (χ4v) is 2.90. The molecule has 1 N–H and O–H groups in total. The zero-order valence-electron chi connectivity index (χ0n) is 13.6. The Morgan fingerprint density at radius 1 is 1.43 bits per heavy atom. The standard InChI is InChI=1S/C18H23NO4/c1-3-22-18(21)17-14(13-6-4-5-7-16(13)23-17)10-19(2)11-15(20)12-8-9-12/h4-7,12,15,20H,3,8-11H2,1-2H3. The SMILES string of the molecule is CCOC(=O)c1oc2ccccc2c1CN(C)CC(O)C1CC1. The van der Waals surface area contributed by atoms with Gasteiger partial charge in [-0.05, 0) is 38.8 Å². The number of aliphatic hydroxyl groups is 1. The number of hydrogen-bond acceptors (Lipinski definition) is 5. The van der Waals surface area contributed by atoms with Crippen molar-refractivity contribution in [3.05, 3.63) is 35.6 Å². The summed E-state index contributed by atoms with van der Waals surface area (Å²) < 4.78 is 10.8. The van der Waals surface area contributed by atoms with E-state index in [0.717, 1.165) is 23.8 Å². The largest absolute Gasteiger partial charge is 0.460 e. The number of para-hydroxylation sites is 1. The van der Waals surface area contributed by atoms with Crippen LogP contribution in [0.2, 0.25) is 0 Å². The van der Waals surface area contributed by atoms with Crippen molar-refractivity contribution in [3.8, 4) is 0 Å². The van der Waals surface area contributed by atoms with Crippen molar-refractivity contribution in [1.29, 1.82) is 0 Å². The molecule has 1 aliphatic rings. The maximum atomic E-state index is 12.2. The van der Waals surface area contributed by atoms with Gasteiger partial charge in [0, 0.05) is 24.0 Å². The highest BCUT2D eigenvalue weighted by atomic mass is 16.5. The van der Waals surface area contributed by atoms with Crippen molar-refractivity contribution in [2.75, 3.05) is 20.2 Å². The maximum absolute atomic E-state index is 12.2. The Hall–Kier alpha value is -1.85. The molecular weight excluding hydrogens is 294 g/mol. The van der Waals surface area contributed by atoms with Crippen LogP contribution in [0.3, 0.4) is 0 Å². The third-order valence-electron chi connectivity index (χ3n) is 4.25. The van der Waals surface area contributed by atoms with Crippen molar-refractivity contribution in [1.82, 2.24) is 4.90 Å². The Bertz CT molecular complexity index is 689. The van der Waals surface area contributed by atoms with Gasteiger partial charge in [0.25, 0.3) is 0 Å². The van der Waals surface area contributed by atoms with Crippen LogP contribution in [-0.2, 0) is 11.3 Å². The zero-order chi connectivity index (χ0) is 16.4.